The Morgan fingerprint density at radius 1 is 0.788 bits per heavy atom. The average molecular weight is 455 g/mol. The molecule has 5 heteroatoms. The first kappa shape index (κ1) is 26.7. The number of nitrogens with one attached hydrogen (secondary N) is 1. The molecule has 0 aliphatic carbocycles. The van der Waals surface area contributed by atoms with Gasteiger partial charge < -0.3 is 14.2 Å². The molecule has 0 spiro atoms. The van der Waals surface area contributed by atoms with E-state index in [4.69, 9.17) is 19.7 Å². The molecule has 0 aliphatic rings. The molecule has 1 N–H and O–H groups in total. The summed E-state index contributed by atoms with van der Waals surface area (Å²) in [7, 11) is 1.67. The van der Waals surface area contributed by atoms with Crippen molar-refractivity contribution in [3.05, 3.63) is 35.9 Å². The summed E-state index contributed by atoms with van der Waals surface area (Å²) >= 11 is 0. The fourth-order valence-corrected chi connectivity index (χ4v) is 3.95. The van der Waals surface area contributed by atoms with Gasteiger partial charge in [0.2, 0.25) is 0 Å². The summed E-state index contributed by atoms with van der Waals surface area (Å²) in [5.41, 5.74) is 11.2. The molecule has 2 aromatic carbocycles. The molecular formula is C28H42N2O3. The van der Waals surface area contributed by atoms with Crippen molar-refractivity contribution in [1.29, 1.82) is 5.53 Å². The summed E-state index contributed by atoms with van der Waals surface area (Å²) in [6, 6.07) is 9.97. The Morgan fingerprint density at radius 3 is 1.91 bits per heavy atom. The molecule has 0 fully saturated rings. The van der Waals surface area contributed by atoms with Crippen LogP contribution in [0.4, 0.5) is 5.69 Å². The van der Waals surface area contributed by atoms with Crippen LogP contribution in [0, 0.1) is 12.5 Å². The van der Waals surface area contributed by atoms with Crippen LogP contribution in [0.15, 0.2) is 35.4 Å². The molecule has 0 amide bonds. The highest BCUT2D eigenvalue weighted by Gasteiger charge is 2.19. The van der Waals surface area contributed by atoms with E-state index in [0.717, 1.165) is 47.5 Å². The van der Waals surface area contributed by atoms with Crippen molar-refractivity contribution in [3.8, 4) is 28.4 Å². The minimum atomic E-state index is 0.557. The zero-order chi connectivity index (χ0) is 23.9. The Balaban J connectivity index is 2.26. The van der Waals surface area contributed by atoms with Crippen molar-refractivity contribution in [3.63, 3.8) is 0 Å². The predicted octanol–water partition coefficient (Wildman–Crippen LogP) is 9.03. The van der Waals surface area contributed by atoms with Gasteiger partial charge in [0.1, 0.15) is 22.9 Å². The molecule has 0 heterocycles. The van der Waals surface area contributed by atoms with Crippen molar-refractivity contribution in [2.24, 2.45) is 5.11 Å². The third kappa shape index (κ3) is 8.38. The highest BCUT2D eigenvalue weighted by atomic mass is 16.5. The lowest BCUT2D eigenvalue weighted by Crippen LogP contribution is -2.04. The maximum Gasteiger partial charge on any atom is 0.147 e. The van der Waals surface area contributed by atoms with Crippen LogP contribution in [-0.2, 0) is 0 Å². The van der Waals surface area contributed by atoms with Crippen LogP contribution in [0.3, 0.4) is 0 Å². The normalized spacial score (nSPS) is 10.8. The molecule has 0 unspecified atom stereocenters. The molecular weight excluding hydrogens is 412 g/mol. The minimum absolute atomic E-state index is 0.557. The van der Waals surface area contributed by atoms with Gasteiger partial charge in [-0.2, -0.15) is 5.11 Å². The van der Waals surface area contributed by atoms with Gasteiger partial charge in [0, 0.05) is 11.1 Å². The van der Waals surface area contributed by atoms with E-state index < -0.39 is 0 Å². The van der Waals surface area contributed by atoms with E-state index in [9.17, 15) is 0 Å². The molecule has 0 atom stereocenters. The van der Waals surface area contributed by atoms with Crippen molar-refractivity contribution in [2.75, 3.05) is 20.3 Å². The summed E-state index contributed by atoms with van der Waals surface area (Å²) in [6.45, 7) is 7.70. The summed E-state index contributed by atoms with van der Waals surface area (Å²) in [5.74, 6) is 2.26. The summed E-state index contributed by atoms with van der Waals surface area (Å²) in [4.78, 5) is 0. The molecule has 0 saturated heterocycles. The van der Waals surface area contributed by atoms with Crippen LogP contribution in [-0.4, -0.2) is 20.3 Å². The predicted molar refractivity (Wildman–Crippen MR) is 136 cm³/mol. The molecule has 33 heavy (non-hydrogen) atoms. The Morgan fingerprint density at radius 2 is 1.36 bits per heavy atom. The summed E-state index contributed by atoms with van der Waals surface area (Å²) in [6.07, 6.45) is 11.8. The number of rotatable bonds is 17. The zero-order valence-electron chi connectivity index (χ0n) is 21.0. The summed E-state index contributed by atoms with van der Waals surface area (Å²) in [5, 5.41) is 3.81. The molecule has 0 radical (unpaired) electrons. The first-order valence-electron chi connectivity index (χ1n) is 12.6. The van der Waals surface area contributed by atoms with Gasteiger partial charge in [0.15, 0.2) is 0 Å². The standard InChI is InChI=1S/C28H42N2O3/c1-5-7-9-11-13-19-32-26-21-25(23-15-17-24(31-4)18-16-23)28(22(3)27(26)30-29)33-20-14-12-10-8-6-2/h15-18,21,29H,5-14,19-20H2,1-4H3. The summed E-state index contributed by atoms with van der Waals surface area (Å²) < 4.78 is 17.8. The van der Waals surface area contributed by atoms with Gasteiger partial charge in [0.25, 0.3) is 0 Å². The molecule has 0 aromatic heterocycles. The highest BCUT2D eigenvalue weighted by molar-refractivity contribution is 5.79. The maximum atomic E-state index is 7.78. The molecule has 2 aromatic rings. The zero-order valence-corrected chi connectivity index (χ0v) is 21.0. The van der Waals surface area contributed by atoms with E-state index >= 15 is 0 Å². The minimum Gasteiger partial charge on any atom is -0.497 e. The number of hydrogen-bond donors (Lipinski definition) is 1. The first-order chi connectivity index (χ1) is 16.2. The van der Waals surface area contributed by atoms with Crippen molar-refractivity contribution < 1.29 is 14.2 Å². The SMILES string of the molecule is CCCCCCCOc1cc(-c2ccc(OC)cc2)c(OCCCCCCC)c(C)c1N=N. The second-order valence-electron chi connectivity index (χ2n) is 8.59. The van der Waals surface area contributed by atoms with Crippen molar-refractivity contribution in [1.82, 2.24) is 0 Å². The quantitative estimate of drug-likeness (QED) is 0.191. The lowest BCUT2D eigenvalue weighted by molar-refractivity contribution is 0.296. The van der Waals surface area contributed by atoms with Gasteiger partial charge in [-0.05, 0) is 43.5 Å². The largest absolute Gasteiger partial charge is 0.497 e. The maximum absolute atomic E-state index is 7.78. The second-order valence-corrected chi connectivity index (χ2v) is 8.59. The molecule has 2 rings (SSSR count). The third-order valence-corrected chi connectivity index (χ3v) is 5.96. The van der Waals surface area contributed by atoms with Crippen molar-refractivity contribution >= 4 is 5.69 Å². The first-order valence-corrected chi connectivity index (χ1v) is 12.6. The molecule has 0 bridgehead atoms. The Bertz CT molecular complexity index is 834. The van der Waals surface area contributed by atoms with Crippen LogP contribution in [0.2, 0.25) is 0 Å². The van der Waals surface area contributed by atoms with E-state index in [0.29, 0.717) is 24.7 Å². The number of methoxy groups -OCH3 is 1. The van der Waals surface area contributed by atoms with Crippen LogP contribution in [0.25, 0.3) is 11.1 Å². The number of ether oxygens (including phenoxy) is 3. The van der Waals surface area contributed by atoms with E-state index in [1.165, 1.54) is 44.9 Å². The topological polar surface area (TPSA) is 63.9 Å². The van der Waals surface area contributed by atoms with Crippen molar-refractivity contribution in [2.45, 2.75) is 85.0 Å². The van der Waals surface area contributed by atoms with E-state index in [-0.39, 0.29) is 0 Å². The van der Waals surface area contributed by atoms with Gasteiger partial charge in [-0.1, -0.05) is 77.3 Å². The van der Waals surface area contributed by atoms with Gasteiger partial charge in [-0.25, -0.2) is 5.53 Å². The Hall–Kier alpha value is -2.56. The highest BCUT2D eigenvalue weighted by Crippen LogP contribution is 2.45. The molecule has 182 valence electrons. The van der Waals surface area contributed by atoms with E-state index in [2.05, 4.69) is 19.0 Å². The molecule has 0 saturated carbocycles. The average Bonchev–Trinajstić information content (AvgIpc) is 2.84. The van der Waals surface area contributed by atoms with E-state index in [1.807, 2.05) is 37.3 Å². The van der Waals surface area contributed by atoms with Crippen LogP contribution < -0.4 is 14.2 Å². The monoisotopic (exact) mass is 454 g/mol. The lowest BCUT2D eigenvalue weighted by Gasteiger charge is -2.19. The number of benzene rings is 2. The fourth-order valence-electron chi connectivity index (χ4n) is 3.95. The second kappa shape index (κ2) is 15.3. The van der Waals surface area contributed by atoms with Crippen LogP contribution in [0.1, 0.15) is 83.6 Å². The third-order valence-electron chi connectivity index (χ3n) is 5.96. The Kier molecular flexibility index (Phi) is 12.4. The number of hydrogen-bond acceptors (Lipinski definition) is 5. The van der Waals surface area contributed by atoms with E-state index in [1.54, 1.807) is 7.11 Å². The Labute approximate surface area is 200 Å². The van der Waals surface area contributed by atoms with Gasteiger partial charge in [0.05, 0.1) is 20.3 Å². The van der Waals surface area contributed by atoms with Gasteiger partial charge >= 0.3 is 0 Å². The number of unbranched alkanes of at least 4 members (excludes halogenated alkanes) is 8. The molecule has 5 nitrogen and oxygen atoms in total. The van der Waals surface area contributed by atoms with Gasteiger partial charge in [-0.15, -0.1) is 0 Å². The molecule has 0 aliphatic heterocycles. The smallest absolute Gasteiger partial charge is 0.147 e. The lowest BCUT2D eigenvalue weighted by atomic mass is 9.99. The van der Waals surface area contributed by atoms with Crippen LogP contribution >= 0.6 is 0 Å². The van der Waals surface area contributed by atoms with Crippen LogP contribution in [0.5, 0.6) is 17.2 Å². The van der Waals surface area contributed by atoms with Gasteiger partial charge in [-0.3, -0.25) is 0 Å². The fraction of sp³-hybridized carbons (Fsp3) is 0.571. The number of nitrogens with zero attached hydrogens (tertiary/aromatic N) is 1.